The number of carbonyl (C=O) groups is 2. The molecule has 1 N–H and O–H groups in total. The van der Waals surface area contributed by atoms with E-state index < -0.39 is 0 Å². The van der Waals surface area contributed by atoms with Crippen molar-refractivity contribution in [3.05, 3.63) is 57.6 Å². The first kappa shape index (κ1) is 19.4. The van der Waals surface area contributed by atoms with Crippen molar-refractivity contribution in [1.29, 1.82) is 0 Å². The van der Waals surface area contributed by atoms with Crippen LogP contribution >= 0.6 is 23.4 Å². The van der Waals surface area contributed by atoms with Gasteiger partial charge in [0.25, 0.3) is 0 Å². The Hall–Kier alpha value is -2.38. The summed E-state index contributed by atoms with van der Waals surface area (Å²) < 4.78 is 1.79. The van der Waals surface area contributed by atoms with Crippen LogP contribution in [0.25, 0.3) is 5.69 Å². The number of aromatic nitrogens is 4. The summed E-state index contributed by atoms with van der Waals surface area (Å²) in [4.78, 5) is 27.4. The Morgan fingerprint density at radius 1 is 1.26 bits per heavy atom. The lowest BCUT2D eigenvalue weighted by Gasteiger charge is -2.07. The van der Waals surface area contributed by atoms with Gasteiger partial charge in [0.15, 0.2) is 16.7 Å². The molecule has 0 amide bonds. The summed E-state index contributed by atoms with van der Waals surface area (Å²) in [6.07, 6.45) is 1.59. The van der Waals surface area contributed by atoms with Gasteiger partial charge in [0, 0.05) is 16.3 Å². The number of hydrogen-bond acceptors (Lipinski definition) is 5. The molecule has 3 aromatic rings. The molecule has 0 unspecified atom stereocenters. The van der Waals surface area contributed by atoms with E-state index in [1.54, 1.807) is 24.7 Å². The van der Waals surface area contributed by atoms with Gasteiger partial charge in [0.1, 0.15) is 6.33 Å². The molecular formula is C19H19ClN4O2S. The van der Waals surface area contributed by atoms with Gasteiger partial charge >= 0.3 is 0 Å². The first-order valence-corrected chi connectivity index (χ1v) is 9.68. The molecule has 0 saturated carbocycles. The number of nitrogens with zero attached hydrogens (tertiary/aromatic N) is 3. The van der Waals surface area contributed by atoms with Crippen molar-refractivity contribution in [3.63, 3.8) is 0 Å². The van der Waals surface area contributed by atoms with E-state index in [0.29, 0.717) is 32.7 Å². The van der Waals surface area contributed by atoms with Crippen molar-refractivity contribution in [2.24, 2.45) is 0 Å². The summed E-state index contributed by atoms with van der Waals surface area (Å²) in [5, 5.41) is 9.29. The number of nitrogens with one attached hydrogen (secondary N) is 1. The molecular weight excluding hydrogens is 384 g/mol. The molecule has 0 spiro atoms. The Balaban J connectivity index is 1.80. The lowest BCUT2D eigenvalue weighted by atomic mass is 10.1. The first-order chi connectivity index (χ1) is 12.8. The Bertz CT molecular complexity index is 1040. The standard InChI is InChI=1S/C19H19ClN4O2S/c1-10-5-6-14(7-15(10)20)24-9-21-23-19(24)27-8-16(26)18-11(2)17(13(4)25)12(3)22-18/h5-7,9,22H,8H2,1-4H3. The summed E-state index contributed by atoms with van der Waals surface area (Å²) in [5.74, 6) is 0.0321. The maximum atomic E-state index is 12.7. The molecule has 0 aliphatic rings. The van der Waals surface area contributed by atoms with E-state index in [9.17, 15) is 9.59 Å². The number of aromatic amines is 1. The molecule has 6 nitrogen and oxygen atoms in total. The Kier molecular flexibility index (Phi) is 5.53. The third-order valence-electron chi connectivity index (χ3n) is 4.35. The molecule has 0 radical (unpaired) electrons. The Morgan fingerprint density at radius 2 is 2.00 bits per heavy atom. The number of rotatable bonds is 6. The highest BCUT2D eigenvalue weighted by atomic mass is 35.5. The van der Waals surface area contributed by atoms with Gasteiger partial charge < -0.3 is 4.98 Å². The van der Waals surface area contributed by atoms with Crippen LogP contribution in [0.2, 0.25) is 5.02 Å². The zero-order valence-corrected chi connectivity index (χ0v) is 17.0. The van der Waals surface area contributed by atoms with E-state index in [0.717, 1.165) is 11.3 Å². The molecule has 8 heteroatoms. The fraction of sp³-hybridized carbons (Fsp3) is 0.263. The van der Waals surface area contributed by atoms with Crippen LogP contribution in [-0.4, -0.2) is 37.1 Å². The summed E-state index contributed by atoms with van der Waals surface area (Å²) >= 11 is 7.49. The van der Waals surface area contributed by atoms with Crippen molar-refractivity contribution < 1.29 is 9.59 Å². The highest BCUT2D eigenvalue weighted by Gasteiger charge is 2.20. The minimum absolute atomic E-state index is 0.0519. The fourth-order valence-electron chi connectivity index (χ4n) is 2.99. The molecule has 0 bridgehead atoms. The lowest BCUT2D eigenvalue weighted by molar-refractivity contribution is 0.101. The summed E-state index contributed by atoms with van der Waals surface area (Å²) in [6.45, 7) is 7.02. The van der Waals surface area contributed by atoms with Gasteiger partial charge in [-0.05, 0) is 51.0 Å². The molecule has 0 aliphatic heterocycles. The van der Waals surface area contributed by atoms with Gasteiger partial charge in [-0.25, -0.2) is 0 Å². The maximum absolute atomic E-state index is 12.7. The number of benzene rings is 1. The quantitative estimate of drug-likeness (QED) is 0.489. The second-order valence-electron chi connectivity index (χ2n) is 6.31. The van der Waals surface area contributed by atoms with Gasteiger partial charge in [-0.15, -0.1) is 10.2 Å². The van der Waals surface area contributed by atoms with E-state index in [2.05, 4.69) is 15.2 Å². The average Bonchev–Trinajstić information content (AvgIpc) is 3.19. The van der Waals surface area contributed by atoms with Crippen LogP contribution < -0.4 is 0 Å². The van der Waals surface area contributed by atoms with Crippen molar-refractivity contribution in [2.45, 2.75) is 32.9 Å². The van der Waals surface area contributed by atoms with Gasteiger partial charge in [0.05, 0.1) is 17.1 Å². The topological polar surface area (TPSA) is 80.6 Å². The van der Waals surface area contributed by atoms with Gasteiger partial charge in [-0.3, -0.25) is 14.2 Å². The zero-order chi connectivity index (χ0) is 19.7. The summed E-state index contributed by atoms with van der Waals surface area (Å²) in [5.41, 5.74) is 4.27. The number of Topliss-reactive ketones (excluding diaryl/α,β-unsaturated/α-hetero) is 2. The average molecular weight is 403 g/mol. The third-order valence-corrected chi connectivity index (χ3v) is 5.70. The van der Waals surface area contributed by atoms with Crippen molar-refractivity contribution >= 4 is 34.9 Å². The predicted molar refractivity (Wildman–Crippen MR) is 106 cm³/mol. The van der Waals surface area contributed by atoms with Crippen LogP contribution in [0.1, 0.15) is 44.6 Å². The number of H-pyrrole nitrogens is 1. The zero-order valence-electron chi connectivity index (χ0n) is 15.5. The molecule has 0 saturated heterocycles. The fourth-order valence-corrected chi connectivity index (χ4v) is 3.97. The van der Waals surface area contributed by atoms with E-state index in [-0.39, 0.29) is 17.3 Å². The van der Waals surface area contributed by atoms with Crippen LogP contribution in [0, 0.1) is 20.8 Å². The molecule has 140 valence electrons. The molecule has 3 rings (SSSR count). The molecule has 27 heavy (non-hydrogen) atoms. The van der Waals surface area contributed by atoms with Crippen molar-refractivity contribution in [3.8, 4) is 5.69 Å². The maximum Gasteiger partial charge on any atom is 0.196 e. The van der Waals surface area contributed by atoms with Crippen LogP contribution in [0.4, 0.5) is 0 Å². The lowest BCUT2D eigenvalue weighted by Crippen LogP contribution is -2.07. The Morgan fingerprint density at radius 3 is 2.63 bits per heavy atom. The van der Waals surface area contributed by atoms with E-state index in [1.807, 2.05) is 25.1 Å². The van der Waals surface area contributed by atoms with Crippen LogP contribution in [0.5, 0.6) is 0 Å². The van der Waals surface area contributed by atoms with Gasteiger partial charge in [-0.2, -0.15) is 0 Å². The van der Waals surface area contributed by atoms with E-state index in [1.165, 1.54) is 18.7 Å². The number of hydrogen-bond donors (Lipinski definition) is 1. The summed E-state index contributed by atoms with van der Waals surface area (Å²) in [7, 11) is 0. The normalized spacial score (nSPS) is 11.0. The van der Waals surface area contributed by atoms with E-state index in [4.69, 9.17) is 11.6 Å². The number of carbonyl (C=O) groups excluding carboxylic acids is 2. The molecule has 0 aliphatic carbocycles. The monoisotopic (exact) mass is 402 g/mol. The Labute approximate surface area is 166 Å². The number of halogens is 1. The first-order valence-electron chi connectivity index (χ1n) is 8.32. The predicted octanol–water partition coefficient (Wildman–Crippen LogP) is 4.35. The molecule has 0 atom stereocenters. The second kappa shape index (κ2) is 7.70. The number of thioether (sulfide) groups is 1. The van der Waals surface area contributed by atoms with Crippen molar-refractivity contribution in [2.75, 3.05) is 5.75 Å². The summed E-state index contributed by atoms with van der Waals surface area (Å²) in [6, 6.07) is 5.68. The highest BCUT2D eigenvalue weighted by molar-refractivity contribution is 7.99. The minimum atomic E-state index is -0.0930. The van der Waals surface area contributed by atoms with Crippen molar-refractivity contribution in [1.82, 2.24) is 19.7 Å². The van der Waals surface area contributed by atoms with Gasteiger partial charge in [0.2, 0.25) is 0 Å². The van der Waals surface area contributed by atoms with Gasteiger partial charge in [-0.1, -0.05) is 29.4 Å². The van der Waals surface area contributed by atoms with E-state index >= 15 is 0 Å². The SMILES string of the molecule is CC(=O)c1c(C)[nH]c(C(=O)CSc2nncn2-c2ccc(C)c(Cl)c2)c1C. The minimum Gasteiger partial charge on any atom is -0.355 e. The highest BCUT2D eigenvalue weighted by Crippen LogP contribution is 2.25. The smallest absolute Gasteiger partial charge is 0.196 e. The van der Waals surface area contributed by atoms with Crippen LogP contribution in [0.15, 0.2) is 29.7 Å². The largest absolute Gasteiger partial charge is 0.355 e. The second-order valence-corrected chi connectivity index (χ2v) is 7.66. The molecule has 1 aromatic carbocycles. The third kappa shape index (κ3) is 3.84. The van der Waals surface area contributed by atoms with Crippen LogP contribution in [0.3, 0.4) is 0 Å². The number of aryl methyl sites for hydroxylation is 2. The molecule has 0 fully saturated rings. The molecule has 2 heterocycles. The molecule has 2 aromatic heterocycles. The number of ketones is 2. The van der Waals surface area contributed by atoms with Crippen LogP contribution in [-0.2, 0) is 0 Å².